The highest BCUT2D eigenvalue weighted by molar-refractivity contribution is 5.97. The van der Waals surface area contributed by atoms with Crippen molar-refractivity contribution in [3.63, 3.8) is 0 Å². The van der Waals surface area contributed by atoms with Gasteiger partial charge in [0.1, 0.15) is 11.0 Å². The van der Waals surface area contributed by atoms with Gasteiger partial charge in [0, 0.05) is 30.5 Å². The summed E-state index contributed by atoms with van der Waals surface area (Å²) >= 11 is 0. The number of amides is 2. The minimum absolute atomic E-state index is 0.00241. The summed E-state index contributed by atoms with van der Waals surface area (Å²) in [5.74, 6) is 0.439. The zero-order valence-electron chi connectivity index (χ0n) is 26.3. The highest BCUT2D eigenvalue weighted by atomic mass is 16.6. The number of carbonyl (C=O) groups excluding carboxylic acids is 2. The number of anilines is 2. The summed E-state index contributed by atoms with van der Waals surface area (Å²) in [4.78, 5) is 45.8. The van der Waals surface area contributed by atoms with Crippen LogP contribution in [0.1, 0.15) is 76.7 Å². The molecule has 3 aromatic rings. The van der Waals surface area contributed by atoms with E-state index in [1.54, 1.807) is 11.1 Å². The highest BCUT2D eigenvalue weighted by Crippen LogP contribution is 2.38. The van der Waals surface area contributed by atoms with Crippen LogP contribution >= 0.6 is 0 Å². The molecule has 11 heteroatoms. The molecule has 2 saturated heterocycles. The lowest BCUT2D eigenvalue weighted by Crippen LogP contribution is -2.52. The van der Waals surface area contributed by atoms with E-state index in [4.69, 9.17) is 14.6 Å². The number of morpholine rings is 1. The molecule has 0 spiro atoms. The van der Waals surface area contributed by atoms with Crippen molar-refractivity contribution >= 4 is 34.4 Å². The molecular weight excluding hydrogens is 548 g/mol. The first-order chi connectivity index (χ1) is 20.3. The Balaban J connectivity index is 1.42. The van der Waals surface area contributed by atoms with Gasteiger partial charge in [-0.25, -0.2) is 4.79 Å². The number of benzene rings is 1. The molecule has 0 bridgehead atoms. The van der Waals surface area contributed by atoms with Crippen molar-refractivity contribution in [3.05, 3.63) is 51.9 Å². The standard InChI is InChI=1S/C32H44N6O5/c1-8-32(12-15-36(16-13-32)30(41)43-31(5,6)7)38-25-11-14-33-28(39)26(25)27(35-38)34-23-9-10-24(20(2)17-23)29(40)37-21(3)18-42-19-22(37)4/h9-11,14,17,21-22H,8,12-13,15-16,18-19H2,1-7H3,(H,33,39)(H,34,35)/t21-,22-/m0/s1. The number of pyridine rings is 1. The lowest BCUT2D eigenvalue weighted by molar-refractivity contribution is -0.0249. The number of aromatic nitrogens is 3. The number of hydrogen-bond donors (Lipinski definition) is 2. The van der Waals surface area contributed by atoms with Crippen LogP contribution in [0.3, 0.4) is 0 Å². The number of nitrogens with one attached hydrogen (secondary N) is 2. The molecule has 5 rings (SSSR count). The Kier molecular flexibility index (Phi) is 8.30. The minimum Gasteiger partial charge on any atom is -0.444 e. The quantitative estimate of drug-likeness (QED) is 0.420. The zero-order chi connectivity index (χ0) is 31.1. The zero-order valence-corrected chi connectivity index (χ0v) is 26.3. The van der Waals surface area contributed by atoms with E-state index in [1.165, 1.54) is 0 Å². The number of hydrogen-bond acceptors (Lipinski definition) is 7. The van der Waals surface area contributed by atoms with Crippen LogP contribution in [0.25, 0.3) is 10.9 Å². The van der Waals surface area contributed by atoms with E-state index in [1.807, 2.05) is 75.4 Å². The molecule has 2 aliphatic heterocycles. The molecule has 2 atom stereocenters. The summed E-state index contributed by atoms with van der Waals surface area (Å²) in [6, 6.07) is 7.48. The van der Waals surface area contributed by atoms with Crippen molar-refractivity contribution in [3.8, 4) is 0 Å². The van der Waals surface area contributed by atoms with Crippen LogP contribution in [0.15, 0.2) is 35.3 Å². The van der Waals surface area contributed by atoms with Crippen molar-refractivity contribution in [1.29, 1.82) is 0 Å². The van der Waals surface area contributed by atoms with Crippen LogP contribution in [0.4, 0.5) is 16.3 Å². The number of ether oxygens (including phenoxy) is 2. The summed E-state index contributed by atoms with van der Waals surface area (Å²) in [5, 5.41) is 8.82. The highest BCUT2D eigenvalue weighted by Gasteiger charge is 2.40. The Morgan fingerprint density at radius 3 is 2.42 bits per heavy atom. The fourth-order valence-corrected chi connectivity index (χ4v) is 6.34. The maximum absolute atomic E-state index is 13.5. The Morgan fingerprint density at radius 1 is 1.14 bits per heavy atom. The van der Waals surface area contributed by atoms with Crippen LogP contribution in [-0.4, -0.2) is 80.6 Å². The molecule has 2 fully saturated rings. The average Bonchev–Trinajstić information content (AvgIpc) is 3.32. The van der Waals surface area contributed by atoms with Gasteiger partial charge in [-0.1, -0.05) is 6.92 Å². The van der Waals surface area contributed by atoms with Gasteiger partial charge in [0.25, 0.3) is 11.5 Å². The number of fused-ring (bicyclic) bond motifs is 1. The second kappa shape index (κ2) is 11.7. The Labute approximate surface area is 252 Å². The molecule has 232 valence electrons. The summed E-state index contributed by atoms with van der Waals surface area (Å²) in [7, 11) is 0. The monoisotopic (exact) mass is 592 g/mol. The van der Waals surface area contributed by atoms with Gasteiger partial charge in [0.2, 0.25) is 0 Å². The van der Waals surface area contributed by atoms with Crippen LogP contribution in [0.5, 0.6) is 0 Å². The molecule has 0 radical (unpaired) electrons. The van der Waals surface area contributed by atoms with Gasteiger partial charge in [0.05, 0.1) is 36.4 Å². The van der Waals surface area contributed by atoms with Gasteiger partial charge in [-0.05, 0) is 90.6 Å². The fourth-order valence-electron chi connectivity index (χ4n) is 6.34. The topological polar surface area (TPSA) is 122 Å². The first-order valence-corrected chi connectivity index (χ1v) is 15.2. The Morgan fingerprint density at radius 2 is 1.81 bits per heavy atom. The maximum atomic E-state index is 13.5. The van der Waals surface area contributed by atoms with Crippen molar-refractivity contribution in [2.75, 3.05) is 31.6 Å². The third kappa shape index (κ3) is 6.00. The van der Waals surface area contributed by atoms with Crippen molar-refractivity contribution in [2.45, 2.75) is 91.0 Å². The molecule has 0 aliphatic carbocycles. The predicted octanol–water partition coefficient (Wildman–Crippen LogP) is 5.16. The number of rotatable bonds is 5. The number of aryl methyl sites for hydroxylation is 1. The summed E-state index contributed by atoms with van der Waals surface area (Å²) < 4.78 is 13.2. The second-order valence-electron chi connectivity index (χ2n) is 13.0. The number of likely N-dealkylation sites (tertiary alicyclic amines) is 1. The van der Waals surface area contributed by atoms with Crippen molar-refractivity contribution in [1.82, 2.24) is 24.6 Å². The normalized spacial score (nSPS) is 20.7. The second-order valence-corrected chi connectivity index (χ2v) is 13.0. The van der Waals surface area contributed by atoms with Gasteiger partial charge in [-0.2, -0.15) is 5.10 Å². The third-order valence-corrected chi connectivity index (χ3v) is 8.68. The molecule has 1 aromatic carbocycles. The number of piperidine rings is 1. The van der Waals surface area contributed by atoms with E-state index >= 15 is 0 Å². The largest absolute Gasteiger partial charge is 0.444 e. The maximum Gasteiger partial charge on any atom is 0.410 e. The van der Waals surface area contributed by atoms with Crippen molar-refractivity contribution in [2.24, 2.45) is 0 Å². The lowest BCUT2D eigenvalue weighted by Gasteiger charge is -2.42. The van der Waals surface area contributed by atoms with E-state index in [0.717, 1.165) is 23.2 Å². The fraction of sp³-hybridized carbons (Fsp3) is 0.562. The lowest BCUT2D eigenvalue weighted by atomic mass is 9.85. The predicted molar refractivity (Wildman–Crippen MR) is 166 cm³/mol. The molecular formula is C32H44N6O5. The first-order valence-electron chi connectivity index (χ1n) is 15.2. The number of aromatic amines is 1. The minimum atomic E-state index is -0.556. The summed E-state index contributed by atoms with van der Waals surface area (Å²) in [6.07, 6.45) is 3.48. The number of nitrogens with zero attached hydrogens (tertiary/aromatic N) is 4. The third-order valence-electron chi connectivity index (χ3n) is 8.68. The van der Waals surface area contributed by atoms with Crippen LogP contribution in [-0.2, 0) is 15.0 Å². The van der Waals surface area contributed by atoms with Gasteiger partial charge >= 0.3 is 6.09 Å². The summed E-state index contributed by atoms with van der Waals surface area (Å²) in [6.45, 7) is 15.8. The van der Waals surface area contributed by atoms with E-state index in [9.17, 15) is 14.4 Å². The summed E-state index contributed by atoms with van der Waals surface area (Å²) in [5.41, 5.74) is 1.78. The number of carbonyl (C=O) groups is 2. The molecule has 2 aliphatic rings. The molecule has 2 aromatic heterocycles. The molecule has 0 saturated carbocycles. The van der Waals surface area contributed by atoms with E-state index in [-0.39, 0.29) is 35.2 Å². The molecule has 0 unspecified atom stereocenters. The van der Waals surface area contributed by atoms with E-state index in [2.05, 4.69) is 17.2 Å². The number of H-pyrrole nitrogens is 1. The smallest absolute Gasteiger partial charge is 0.410 e. The Hall–Kier alpha value is -3.86. The van der Waals surface area contributed by atoms with Crippen molar-refractivity contribution < 1.29 is 19.1 Å². The van der Waals surface area contributed by atoms with Crippen LogP contribution in [0, 0.1) is 6.92 Å². The van der Waals surface area contributed by atoms with Crippen LogP contribution < -0.4 is 10.9 Å². The SMILES string of the molecule is CCC1(n2nc(Nc3ccc(C(=O)N4[C@@H](C)COC[C@@H]4C)c(C)c3)c3c(=O)[nH]ccc32)CCN(C(=O)OC(C)(C)C)CC1. The van der Waals surface area contributed by atoms with Crippen LogP contribution in [0.2, 0.25) is 0 Å². The molecule has 4 heterocycles. The van der Waals surface area contributed by atoms with E-state index in [0.29, 0.717) is 55.9 Å². The molecule has 43 heavy (non-hydrogen) atoms. The van der Waals surface area contributed by atoms with Gasteiger partial charge in [-0.15, -0.1) is 0 Å². The average molecular weight is 593 g/mol. The molecule has 2 amide bonds. The Bertz CT molecular complexity index is 1550. The van der Waals surface area contributed by atoms with Gasteiger partial charge < -0.3 is 29.6 Å². The molecule has 2 N–H and O–H groups in total. The van der Waals surface area contributed by atoms with Gasteiger partial charge in [-0.3, -0.25) is 14.3 Å². The van der Waals surface area contributed by atoms with E-state index < -0.39 is 5.60 Å². The molecule has 11 nitrogen and oxygen atoms in total. The first kappa shape index (κ1) is 30.6. The van der Waals surface area contributed by atoms with Gasteiger partial charge in [0.15, 0.2) is 5.82 Å².